The zero-order chi connectivity index (χ0) is 31.9. The second-order valence-corrected chi connectivity index (χ2v) is 13.6. The summed E-state index contributed by atoms with van der Waals surface area (Å²) >= 11 is 0. The lowest BCUT2D eigenvalue weighted by Crippen LogP contribution is -2.32. The first-order valence-corrected chi connectivity index (χ1v) is 16.6. The predicted octanol–water partition coefficient (Wildman–Crippen LogP) is 0.259. The van der Waals surface area contributed by atoms with E-state index in [0.717, 1.165) is 0 Å². The summed E-state index contributed by atoms with van der Waals surface area (Å²) in [5.74, 6) is 0.371. The third-order valence-corrected chi connectivity index (χ3v) is 10.4. The largest absolute Gasteiger partial charge is 0.415 e. The molecule has 3 unspecified atom stereocenters. The Kier molecular flexibility index (Phi) is 8.85. The fourth-order valence-corrected chi connectivity index (χ4v) is 8.00. The highest BCUT2D eigenvalue weighted by molar-refractivity contribution is 7.66. The third kappa shape index (κ3) is 6.56. The molecular weight excluding hydrogens is 640 g/mol. The van der Waals surface area contributed by atoms with Crippen molar-refractivity contribution in [2.24, 2.45) is 0 Å². The molecule has 21 nitrogen and oxygen atoms in total. The number of aromatic nitrogens is 8. The van der Waals surface area contributed by atoms with Crippen molar-refractivity contribution in [3.63, 3.8) is 0 Å². The normalized spacial score (nSPS) is 27.0. The van der Waals surface area contributed by atoms with E-state index in [2.05, 4.69) is 29.9 Å². The molecule has 0 aromatic carbocycles. The third-order valence-electron chi connectivity index (χ3n) is 7.32. The van der Waals surface area contributed by atoms with Gasteiger partial charge in [0.15, 0.2) is 22.9 Å². The molecule has 2 aliphatic rings. The summed E-state index contributed by atoms with van der Waals surface area (Å²) in [5, 5.41) is 0. The minimum atomic E-state index is -5.14. The fourth-order valence-electron chi connectivity index (χ4n) is 5.32. The number of fused-ring (bicyclic) bond motifs is 2. The smallest absolute Gasteiger partial charge is 0.382 e. The molecule has 7 N–H and O–H groups in total. The van der Waals surface area contributed by atoms with Gasteiger partial charge in [0.1, 0.15) is 54.5 Å². The SMILES string of the molecule is COCC1O[C@@H](n2cnc3c(N)ncnc32)C[C@H]1OP(=O)(NP(=O)(O)O)OCC1O[C@@H](n2cnc3c(N)ncnc32)C[C@H]1OC. The maximum absolute atomic E-state index is 13.9. The van der Waals surface area contributed by atoms with E-state index < -0.39 is 59.0 Å². The average molecular weight is 672 g/mol. The van der Waals surface area contributed by atoms with Crippen LogP contribution in [-0.2, 0) is 37.1 Å². The summed E-state index contributed by atoms with van der Waals surface area (Å²) in [5.41, 5.74) is 13.4. The molecule has 6 rings (SSSR count). The average Bonchev–Trinajstić information content (AvgIpc) is 3.76. The molecule has 0 amide bonds. The van der Waals surface area contributed by atoms with Gasteiger partial charge >= 0.3 is 15.5 Å². The zero-order valence-corrected chi connectivity index (χ0v) is 25.7. The number of hydrogen-bond acceptors (Lipinski definition) is 16. The quantitative estimate of drug-likeness (QED) is 0.126. The van der Waals surface area contributed by atoms with Crippen LogP contribution >= 0.6 is 15.5 Å². The lowest BCUT2D eigenvalue weighted by atomic mass is 10.2. The highest BCUT2D eigenvalue weighted by Crippen LogP contribution is 2.56. The number of hydrogen-bond donors (Lipinski definition) is 5. The van der Waals surface area contributed by atoms with Gasteiger partial charge in [0.25, 0.3) is 0 Å². The summed E-state index contributed by atoms with van der Waals surface area (Å²) < 4.78 is 63.6. The van der Waals surface area contributed by atoms with E-state index in [0.29, 0.717) is 28.7 Å². The van der Waals surface area contributed by atoms with E-state index in [1.165, 1.54) is 39.5 Å². The van der Waals surface area contributed by atoms with Crippen molar-refractivity contribution in [2.75, 3.05) is 38.9 Å². The predicted molar refractivity (Wildman–Crippen MR) is 153 cm³/mol. The molecule has 7 atom stereocenters. The van der Waals surface area contributed by atoms with Gasteiger partial charge in [-0.2, -0.15) is 0 Å². The van der Waals surface area contributed by atoms with Crippen LogP contribution in [0.1, 0.15) is 25.3 Å². The van der Waals surface area contributed by atoms with Crippen molar-refractivity contribution in [1.82, 2.24) is 43.9 Å². The summed E-state index contributed by atoms with van der Waals surface area (Å²) in [4.78, 5) is 45.9. The van der Waals surface area contributed by atoms with Gasteiger partial charge in [0, 0.05) is 27.1 Å². The van der Waals surface area contributed by atoms with Gasteiger partial charge in [-0.3, -0.25) is 18.2 Å². The Bertz CT molecular complexity index is 1770. The second kappa shape index (κ2) is 12.5. The van der Waals surface area contributed by atoms with Crippen LogP contribution in [0.2, 0.25) is 0 Å². The summed E-state index contributed by atoms with van der Waals surface area (Å²) in [6.07, 6.45) is 1.29. The number of methoxy groups -OCH3 is 2. The number of anilines is 2. The van der Waals surface area contributed by atoms with Crippen molar-refractivity contribution in [3.05, 3.63) is 25.3 Å². The van der Waals surface area contributed by atoms with E-state index >= 15 is 0 Å². The molecule has 23 heteroatoms. The number of nitrogens with one attached hydrogen (secondary N) is 1. The Hall–Kier alpha value is -3.20. The molecule has 0 spiro atoms. The Morgan fingerprint density at radius 1 is 0.867 bits per heavy atom. The Morgan fingerprint density at radius 2 is 1.40 bits per heavy atom. The second-order valence-electron chi connectivity index (χ2n) is 10.2. The van der Waals surface area contributed by atoms with Crippen LogP contribution in [0.15, 0.2) is 25.3 Å². The van der Waals surface area contributed by atoms with Gasteiger partial charge in [0.2, 0.25) is 0 Å². The molecule has 0 saturated carbocycles. The minimum absolute atomic E-state index is 0.00702. The molecule has 244 valence electrons. The van der Waals surface area contributed by atoms with Crippen LogP contribution in [0.3, 0.4) is 0 Å². The van der Waals surface area contributed by atoms with Crippen molar-refractivity contribution in [3.8, 4) is 0 Å². The van der Waals surface area contributed by atoms with Crippen molar-refractivity contribution >= 4 is 49.5 Å². The highest BCUT2D eigenvalue weighted by atomic mass is 31.3. The van der Waals surface area contributed by atoms with Gasteiger partial charge in [-0.05, 0) is 0 Å². The monoisotopic (exact) mass is 671 g/mol. The molecular formula is C22H31N11O10P2. The van der Waals surface area contributed by atoms with Crippen LogP contribution in [0, 0.1) is 0 Å². The molecule has 2 saturated heterocycles. The summed E-state index contributed by atoms with van der Waals surface area (Å²) in [6.45, 7) is -0.440. The van der Waals surface area contributed by atoms with E-state index in [1.807, 2.05) is 0 Å². The molecule has 2 aliphatic heterocycles. The van der Waals surface area contributed by atoms with E-state index in [9.17, 15) is 18.9 Å². The molecule has 45 heavy (non-hydrogen) atoms. The highest BCUT2D eigenvalue weighted by Gasteiger charge is 2.46. The lowest BCUT2D eigenvalue weighted by Gasteiger charge is -2.26. The van der Waals surface area contributed by atoms with Crippen LogP contribution in [-0.4, -0.2) is 101 Å². The summed E-state index contributed by atoms with van der Waals surface area (Å²) in [7, 11) is -6.98. The number of ether oxygens (including phenoxy) is 4. The zero-order valence-electron chi connectivity index (χ0n) is 23.9. The molecule has 4 aromatic rings. The van der Waals surface area contributed by atoms with Gasteiger partial charge in [-0.15, -0.1) is 4.86 Å². The Labute approximate surface area is 254 Å². The van der Waals surface area contributed by atoms with Gasteiger partial charge in [-0.25, -0.2) is 39.0 Å². The van der Waals surface area contributed by atoms with Gasteiger partial charge < -0.3 is 40.2 Å². The van der Waals surface area contributed by atoms with Gasteiger partial charge in [0.05, 0.1) is 32.0 Å². The first-order valence-electron chi connectivity index (χ1n) is 13.4. The van der Waals surface area contributed by atoms with Crippen LogP contribution in [0.5, 0.6) is 0 Å². The number of nitrogen functional groups attached to an aromatic ring is 2. The number of nitrogens with zero attached hydrogens (tertiary/aromatic N) is 8. The fraction of sp³-hybridized carbons (Fsp3) is 0.545. The molecule has 0 radical (unpaired) electrons. The molecule has 4 aromatic heterocycles. The van der Waals surface area contributed by atoms with Crippen molar-refractivity contribution in [2.45, 2.75) is 49.7 Å². The number of rotatable bonds is 12. The van der Waals surface area contributed by atoms with Crippen molar-refractivity contribution in [1.29, 1.82) is 0 Å². The first-order chi connectivity index (χ1) is 21.5. The van der Waals surface area contributed by atoms with Crippen LogP contribution in [0.25, 0.3) is 22.3 Å². The van der Waals surface area contributed by atoms with Crippen LogP contribution in [0.4, 0.5) is 11.6 Å². The first kappa shape index (κ1) is 31.8. The minimum Gasteiger partial charge on any atom is -0.382 e. The molecule has 0 bridgehead atoms. The number of imidazole rings is 2. The maximum Gasteiger partial charge on any atom is 0.415 e. The summed E-state index contributed by atoms with van der Waals surface area (Å²) in [6, 6.07) is 0. The lowest BCUT2D eigenvalue weighted by molar-refractivity contribution is -0.0586. The number of nitrogens with two attached hydrogens (primary N) is 2. The maximum atomic E-state index is 13.9. The topological polar surface area (TPSA) is 281 Å². The van der Waals surface area contributed by atoms with E-state index in [1.54, 1.807) is 14.0 Å². The standard InChI is InChI=1S/C22H31N11O10P2/c1-38-5-13-12(4-16(41-13)33-10-30-18-20(24)26-8-28-22(18)33)43-45(37,31-44(34,35)36)40-6-14-11(39-2)3-15(42-14)32-9-29-17-19(23)25-7-27-21(17)32/h7-16H,3-6H2,1-2H3,(H2,23,25,27)(H2,24,26,28)(H3,31,34,35,36,37)/t11-,12-,13?,14?,15-,16-,45?/m1/s1. The van der Waals surface area contributed by atoms with Gasteiger partial charge in [-0.1, -0.05) is 0 Å². The van der Waals surface area contributed by atoms with Crippen LogP contribution < -0.4 is 16.3 Å². The molecule has 6 heterocycles. The Morgan fingerprint density at radius 3 is 1.91 bits per heavy atom. The van der Waals surface area contributed by atoms with E-state index in [4.69, 9.17) is 39.5 Å². The molecule has 2 fully saturated rings. The van der Waals surface area contributed by atoms with Crippen molar-refractivity contribution < 1.29 is 46.9 Å². The molecule has 0 aliphatic carbocycles. The Balaban J connectivity index is 1.20. The van der Waals surface area contributed by atoms with E-state index in [-0.39, 0.29) is 24.7 Å².